The standard InChI is InChI=1S/C27H36F3N5OS/c1-34(2)17-19-7-9-20(10-8-19)18-35(13-11-27(28,29)30)26(36)21-14-24-23(33-25(32)15-21)16-22(37-24)6-4-3-5-12-31/h7-10,14,16H,3-6,11-13,15,17-18,31H2,1-2H3,(H2,32,33). The van der Waals surface area contributed by atoms with Crippen LogP contribution < -0.4 is 11.5 Å². The van der Waals surface area contributed by atoms with E-state index in [-0.39, 0.29) is 18.8 Å². The molecule has 0 aliphatic carbocycles. The number of carbonyl (C=O) groups is 1. The lowest BCUT2D eigenvalue weighted by Crippen LogP contribution is -2.35. The molecule has 0 saturated carbocycles. The van der Waals surface area contributed by atoms with E-state index in [9.17, 15) is 18.0 Å². The molecule has 0 unspecified atom stereocenters. The van der Waals surface area contributed by atoms with Crippen molar-refractivity contribution in [3.05, 3.63) is 56.8 Å². The van der Waals surface area contributed by atoms with E-state index in [1.165, 1.54) is 4.90 Å². The van der Waals surface area contributed by atoms with Crippen molar-refractivity contribution < 1.29 is 18.0 Å². The van der Waals surface area contributed by atoms with Crippen LogP contribution in [0.4, 0.5) is 18.9 Å². The summed E-state index contributed by atoms with van der Waals surface area (Å²) in [6, 6.07) is 9.57. The van der Waals surface area contributed by atoms with Crippen LogP contribution in [-0.4, -0.2) is 54.9 Å². The molecule has 0 fully saturated rings. The highest BCUT2D eigenvalue weighted by Crippen LogP contribution is 2.36. The van der Waals surface area contributed by atoms with E-state index < -0.39 is 25.0 Å². The van der Waals surface area contributed by atoms with E-state index in [1.54, 1.807) is 17.4 Å². The van der Waals surface area contributed by atoms with Crippen molar-refractivity contribution in [2.45, 2.75) is 57.8 Å². The van der Waals surface area contributed by atoms with Crippen LogP contribution in [0, 0.1) is 0 Å². The van der Waals surface area contributed by atoms with Crippen molar-refractivity contribution >= 4 is 34.8 Å². The van der Waals surface area contributed by atoms with Crippen molar-refractivity contribution in [1.82, 2.24) is 9.80 Å². The molecule has 202 valence electrons. The highest BCUT2D eigenvalue weighted by atomic mass is 32.1. The number of nitrogens with zero attached hydrogens (tertiary/aromatic N) is 3. The molecule has 1 amide bonds. The van der Waals surface area contributed by atoms with Crippen LogP contribution in [0.25, 0.3) is 6.08 Å². The second-order valence-electron chi connectivity index (χ2n) is 9.66. The second kappa shape index (κ2) is 13.2. The maximum absolute atomic E-state index is 13.6. The monoisotopic (exact) mass is 535 g/mol. The zero-order valence-electron chi connectivity index (χ0n) is 21.5. The molecule has 0 saturated heterocycles. The number of unbranched alkanes of at least 4 members (excludes halogenated alkanes) is 2. The topological polar surface area (TPSA) is 88.0 Å². The number of alkyl halides is 3. The number of amides is 1. The molecule has 1 aromatic carbocycles. The molecule has 3 rings (SSSR count). The van der Waals surface area contributed by atoms with Gasteiger partial charge < -0.3 is 21.3 Å². The van der Waals surface area contributed by atoms with Crippen molar-refractivity contribution in [1.29, 1.82) is 0 Å². The number of halogens is 3. The number of amidine groups is 1. The van der Waals surface area contributed by atoms with Gasteiger partial charge in [-0.1, -0.05) is 30.7 Å². The molecule has 1 aliphatic heterocycles. The molecule has 37 heavy (non-hydrogen) atoms. The van der Waals surface area contributed by atoms with Crippen LogP contribution in [0.2, 0.25) is 0 Å². The van der Waals surface area contributed by atoms with Gasteiger partial charge in [0, 0.05) is 36.5 Å². The molecule has 2 heterocycles. The third-order valence-corrected chi connectivity index (χ3v) is 7.11. The minimum Gasteiger partial charge on any atom is -0.387 e. The summed E-state index contributed by atoms with van der Waals surface area (Å²) in [5, 5.41) is 0. The lowest BCUT2D eigenvalue weighted by atomic mass is 10.1. The van der Waals surface area contributed by atoms with Gasteiger partial charge in [-0.3, -0.25) is 4.79 Å². The number of carbonyl (C=O) groups excluding carboxylic acids is 1. The summed E-state index contributed by atoms with van der Waals surface area (Å²) in [6.45, 7) is 1.07. The highest BCUT2D eigenvalue weighted by Gasteiger charge is 2.30. The number of benzene rings is 1. The summed E-state index contributed by atoms with van der Waals surface area (Å²) in [5.41, 5.74) is 14.6. The summed E-state index contributed by atoms with van der Waals surface area (Å²) in [6.07, 6.45) is 0.286. The number of thiophene rings is 1. The van der Waals surface area contributed by atoms with Crippen LogP contribution in [0.15, 0.2) is 40.9 Å². The number of fused-ring (bicyclic) bond motifs is 1. The lowest BCUT2D eigenvalue weighted by molar-refractivity contribution is -0.144. The fourth-order valence-corrected chi connectivity index (χ4v) is 5.28. The summed E-state index contributed by atoms with van der Waals surface area (Å²) in [5.74, 6) is -0.180. The van der Waals surface area contributed by atoms with Crippen molar-refractivity contribution in [2.24, 2.45) is 16.5 Å². The van der Waals surface area contributed by atoms with Crippen molar-refractivity contribution in [2.75, 3.05) is 27.2 Å². The molecule has 0 atom stereocenters. The average molecular weight is 536 g/mol. The smallest absolute Gasteiger partial charge is 0.387 e. The Labute approximate surface area is 220 Å². The largest absolute Gasteiger partial charge is 0.390 e. The third kappa shape index (κ3) is 9.28. The first-order chi connectivity index (χ1) is 17.5. The molecule has 0 bridgehead atoms. The minimum absolute atomic E-state index is 0.0786. The fourth-order valence-electron chi connectivity index (χ4n) is 4.17. The summed E-state index contributed by atoms with van der Waals surface area (Å²) >= 11 is 1.54. The van der Waals surface area contributed by atoms with Crippen molar-refractivity contribution in [3.63, 3.8) is 0 Å². The quantitative estimate of drug-likeness (QED) is 0.364. The zero-order valence-corrected chi connectivity index (χ0v) is 22.3. The predicted molar refractivity (Wildman–Crippen MR) is 145 cm³/mol. The second-order valence-corrected chi connectivity index (χ2v) is 10.8. The van der Waals surface area contributed by atoms with Crippen LogP contribution in [-0.2, 0) is 24.3 Å². The number of rotatable bonds is 12. The Morgan fingerprint density at radius 1 is 1.08 bits per heavy atom. The first kappa shape index (κ1) is 28.9. The number of hydrogen-bond donors (Lipinski definition) is 2. The number of hydrogen-bond acceptors (Lipinski definition) is 6. The first-order valence-electron chi connectivity index (χ1n) is 12.5. The normalized spacial score (nSPS) is 13.7. The fraction of sp³-hybridized carbons (Fsp3) is 0.481. The Hall–Kier alpha value is -2.69. The average Bonchev–Trinajstić information content (AvgIpc) is 3.11. The van der Waals surface area contributed by atoms with Crippen LogP contribution in [0.3, 0.4) is 0 Å². The Bertz CT molecular complexity index is 1110. The van der Waals surface area contributed by atoms with E-state index in [0.717, 1.165) is 53.1 Å². The molecule has 0 radical (unpaired) electrons. The van der Waals surface area contributed by atoms with Gasteiger partial charge in [-0.05, 0) is 63.2 Å². The molecule has 10 heteroatoms. The van der Waals surface area contributed by atoms with Gasteiger partial charge in [-0.15, -0.1) is 11.3 Å². The van der Waals surface area contributed by atoms with Gasteiger partial charge in [-0.25, -0.2) is 4.99 Å². The van der Waals surface area contributed by atoms with E-state index in [1.807, 2.05) is 49.3 Å². The molecular formula is C27H36F3N5OS. The zero-order chi connectivity index (χ0) is 27.0. The number of aliphatic imine (C=N–C) groups is 1. The Balaban J connectivity index is 1.81. The van der Waals surface area contributed by atoms with E-state index >= 15 is 0 Å². The van der Waals surface area contributed by atoms with Crippen LogP contribution >= 0.6 is 11.3 Å². The molecular weight excluding hydrogens is 499 g/mol. The van der Waals surface area contributed by atoms with Gasteiger partial charge in [0.2, 0.25) is 0 Å². The molecule has 6 nitrogen and oxygen atoms in total. The predicted octanol–water partition coefficient (Wildman–Crippen LogP) is 5.24. The van der Waals surface area contributed by atoms with Gasteiger partial charge >= 0.3 is 6.18 Å². The van der Waals surface area contributed by atoms with Gasteiger partial charge in [0.1, 0.15) is 5.84 Å². The number of aryl methyl sites for hydroxylation is 1. The maximum Gasteiger partial charge on any atom is 0.390 e. The third-order valence-electron chi connectivity index (χ3n) is 5.98. The molecule has 2 aromatic rings. The molecule has 1 aliphatic rings. The van der Waals surface area contributed by atoms with Gasteiger partial charge in [0.25, 0.3) is 5.91 Å². The molecule has 0 spiro atoms. The van der Waals surface area contributed by atoms with E-state index in [0.29, 0.717) is 17.8 Å². The maximum atomic E-state index is 13.6. The Kier molecular flexibility index (Phi) is 10.3. The SMILES string of the molecule is CN(C)Cc1ccc(CN(CCC(F)(F)F)C(=O)C2=Cc3sc(CCCCCN)cc3N=C(N)C2)cc1. The minimum atomic E-state index is -4.37. The summed E-state index contributed by atoms with van der Waals surface area (Å²) < 4.78 is 39.3. The van der Waals surface area contributed by atoms with Gasteiger partial charge in [-0.2, -0.15) is 13.2 Å². The summed E-state index contributed by atoms with van der Waals surface area (Å²) in [7, 11) is 3.93. The van der Waals surface area contributed by atoms with Crippen LogP contribution in [0.5, 0.6) is 0 Å². The highest BCUT2D eigenvalue weighted by molar-refractivity contribution is 7.13. The van der Waals surface area contributed by atoms with Gasteiger partial charge in [0.15, 0.2) is 0 Å². The Morgan fingerprint density at radius 3 is 2.38 bits per heavy atom. The summed E-state index contributed by atoms with van der Waals surface area (Å²) in [4.78, 5) is 23.3. The molecule has 4 N–H and O–H groups in total. The first-order valence-corrected chi connectivity index (χ1v) is 13.3. The number of nitrogens with two attached hydrogens (primary N) is 2. The molecule has 1 aromatic heterocycles. The van der Waals surface area contributed by atoms with Gasteiger partial charge in [0.05, 0.1) is 17.0 Å². The Morgan fingerprint density at radius 2 is 1.76 bits per heavy atom. The van der Waals surface area contributed by atoms with Crippen molar-refractivity contribution in [3.8, 4) is 0 Å². The van der Waals surface area contributed by atoms with Crippen LogP contribution in [0.1, 0.15) is 53.0 Å². The van der Waals surface area contributed by atoms with E-state index in [2.05, 4.69) is 4.99 Å². The lowest BCUT2D eigenvalue weighted by Gasteiger charge is -2.25. The van der Waals surface area contributed by atoms with E-state index in [4.69, 9.17) is 11.5 Å².